The van der Waals surface area contributed by atoms with Crippen LogP contribution in [0.1, 0.15) is 36.4 Å². The number of rotatable bonds is 7. The Bertz CT molecular complexity index is 2550. The third-order valence-electron chi connectivity index (χ3n) is 10.9. The van der Waals surface area contributed by atoms with E-state index < -0.39 is 0 Å². The maximum atomic E-state index is 4.91. The predicted octanol–water partition coefficient (Wildman–Crippen LogP) is 10.9. The van der Waals surface area contributed by atoms with Crippen LogP contribution < -0.4 is 4.90 Å². The molecule has 2 atom stereocenters. The second-order valence-electron chi connectivity index (χ2n) is 14.1. The van der Waals surface area contributed by atoms with Crippen molar-refractivity contribution in [3.63, 3.8) is 0 Å². The summed E-state index contributed by atoms with van der Waals surface area (Å²) in [5, 5.41) is 0. The number of anilines is 2. The Hall–Kier alpha value is -6.53. The predicted molar refractivity (Wildman–Crippen MR) is 217 cm³/mol. The van der Waals surface area contributed by atoms with Gasteiger partial charge in [0, 0.05) is 66.1 Å². The molecular formula is C47H38N6. The van der Waals surface area contributed by atoms with E-state index in [-0.39, 0.29) is 5.92 Å². The number of fused-ring (bicyclic) bond motifs is 3. The molecule has 0 N–H and O–H groups in total. The molecule has 1 aliphatic heterocycles. The normalized spacial score (nSPS) is 18.1. The fourth-order valence-corrected chi connectivity index (χ4v) is 7.92. The third-order valence-corrected chi connectivity index (χ3v) is 10.9. The Morgan fingerprint density at radius 1 is 0.642 bits per heavy atom. The Labute approximate surface area is 309 Å². The van der Waals surface area contributed by atoms with Crippen molar-refractivity contribution in [2.75, 3.05) is 11.4 Å². The molecule has 1 unspecified atom stereocenters. The highest BCUT2D eigenvalue weighted by Crippen LogP contribution is 2.38. The van der Waals surface area contributed by atoms with Crippen LogP contribution in [0.3, 0.4) is 0 Å². The topological polar surface area (TPSA) is 50.2 Å². The molecule has 7 aromatic rings. The fourth-order valence-electron chi connectivity index (χ4n) is 7.92. The van der Waals surface area contributed by atoms with Crippen molar-refractivity contribution in [2.45, 2.75) is 25.2 Å². The lowest BCUT2D eigenvalue weighted by atomic mass is 9.81. The van der Waals surface area contributed by atoms with E-state index in [0.29, 0.717) is 5.92 Å². The quantitative estimate of drug-likeness (QED) is 0.168. The second-order valence-corrected chi connectivity index (χ2v) is 14.1. The van der Waals surface area contributed by atoms with E-state index in [1.54, 1.807) is 0 Å². The van der Waals surface area contributed by atoms with Crippen LogP contribution in [0.25, 0.3) is 39.3 Å². The zero-order chi connectivity index (χ0) is 35.1. The van der Waals surface area contributed by atoms with Gasteiger partial charge in [0.2, 0.25) is 0 Å². The molecule has 0 saturated heterocycles. The molecular weight excluding hydrogens is 649 g/mol. The first kappa shape index (κ1) is 31.2. The van der Waals surface area contributed by atoms with Gasteiger partial charge in [-0.2, -0.15) is 0 Å². The van der Waals surface area contributed by atoms with E-state index in [1.165, 1.54) is 27.8 Å². The van der Waals surface area contributed by atoms with Gasteiger partial charge in [-0.3, -0.25) is 4.99 Å². The van der Waals surface area contributed by atoms with Gasteiger partial charge in [0.05, 0.1) is 11.4 Å². The first-order valence-electron chi connectivity index (χ1n) is 18.5. The summed E-state index contributed by atoms with van der Waals surface area (Å²) >= 11 is 0. The van der Waals surface area contributed by atoms with Crippen LogP contribution in [0.4, 0.5) is 11.4 Å². The van der Waals surface area contributed by atoms with Crippen LogP contribution in [0.15, 0.2) is 181 Å². The molecule has 0 fully saturated rings. The van der Waals surface area contributed by atoms with Crippen molar-refractivity contribution < 1.29 is 0 Å². The largest absolute Gasteiger partial charge is 0.311 e. The molecule has 3 aliphatic rings. The van der Waals surface area contributed by atoms with Crippen LogP contribution in [0.2, 0.25) is 0 Å². The van der Waals surface area contributed by atoms with Gasteiger partial charge in [-0.15, -0.1) is 0 Å². The average molecular weight is 687 g/mol. The van der Waals surface area contributed by atoms with E-state index in [2.05, 4.69) is 153 Å². The van der Waals surface area contributed by atoms with E-state index in [1.807, 2.05) is 36.5 Å². The van der Waals surface area contributed by atoms with Crippen LogP contribution in [-0.4, -0.2) is 31.5 Å². The highest BCUT2D eigenvalue weighted by molar-refractivity contribution is 5.84. The van der Waals surface area contributed by atoms with Crippen LogP contribution in [-0.2, 0) is 0 Å². The number of imidazole rings is 2. The zero-order valence-corrected chi connectivity index (χ0v) is 29.3. The van der Waals surface area contributed by atoms with Crippen molar-refractivity contribution >= 4 is 34.5 Å². The minimum Gasteiger partial charge on any atom is -0.311 e. The smallest absolute Gasteiger partial charge is 0.137 e. The Morgan fingerprint density at radius 3 is 1.98 bits per heavy atom. The highest BCUT2D eigenvalue weighted by atomic mass is 15.1. The lowest BCUT2D eigenvalue weighted by Gasteiger charge is -2.29. The standard InChI is InChI=1S/C47H38N6/c1-3-27-51-31-44(49-46(51)5-1)36-15-21-42(22-16-36)53(43-23-17-37(18-24-43)45-32-52-28-4-2-6-47(52)50-45)41-19-13-34(14-20-41)33-7-9-35(10-8-33)38-11-12-40-30-48-26-25-39(40)29-38/h1-17,19-24,27-28,30-32,37,39H,18,25-26,29H2/t37-,39?/m0/s1. The zero-order valence-electron chi connectivity index (χ0n) is 29.3. The molecule has 53 heavy (non-hydrogen) atoms. The number of allylic oxidation sites excluding steroid dienone is 7. The van der Waals surface area contributed by atoms with E-state index in [4.69, 9.17) is 9.97 Å². The summed E-state index contributed by atoms with van der Waals surface area (Å²) in [6.07, 6.45) is 24.9. The van der Waals surface area contributed by atoms with E-state index in [9.17, 15) is 0 Å². The molecule has 0 bridgehead atoms. The van der Waals surface area contributed by atoms with Crippen molar-refractivity contribution in [3.8, 4) is 22.4 Å². The number of aromatic nitrogens is 4. The van der Waals surface area contributed by atoms with Gasteiger partial charge in [-0.05, 0) is 108 Å². The van der Waals surface area contributed by atoms with Crippen LogP contribution in [0.5, 0.6) is 0 Å². The number of hydrogen-bond acceptors (Lipinski definition) is 4. The molecule has 6 heteroatoms. The van der Waals surface area contributed by atoms with E-state index >= 15 is 0 Å². The molecule has 0 radical (unpaired) electrons. The lowest BCUT2D eigenvalue weighted by Crippen LogP contribution is -2.17. The molecule has 0 saturated carbocycles. The minimum atomic E-state index is 0.224. The monoisotopic (exact) mass is 686 g/mol. The average Bonchev–Trinajstić information content (AvgIpc) is 3.87. The number of hydrogen-bond donors (Lipinski definition) is 0. The van der Waals surface area contributed by atoms with Gasteiger partial charge in [0.1, 0.15) is 11.3 Å². The summed E-state index contributed by atoms with van der Waals surface area (Å²) in [6, 6.07) is 39.0. The van der Waals surface area contributed by atoms with Gasteiger partial charge in [-0.25, -0.2) is 9.97 Å². The fraction of sp³-hybridized carbons (Fsp3) is 0.128. The summed E-state index contributed by atoms with van der Waals surface area (Å²) in [5.41, 5.74) is 14.9. The Kier molecular flexibility index (Phi) is 7.79. The SMILES string of the molecule is C1=C[C@H](c2cn3ccccc3n2)CC=C1N(c1ccc(-c2ccc(C3=CC=C4C=NCCC4C3)cc2)cc1)c1ccc(-c2cn3ccccc3n2)cc1. The summed E-state index contributed by atoms with van der Waals surface area (Å²) in [5.74, 6) is 0.818. The van der Waals surface area contributed by atoms with Crippen LogP contribution in [0, 0.1) is 5.92 Å². The first-order chi connectivity index (χ1) is 26.2. The number of aliphatic imine (C=N–C) groups is 1. The molecule has 6 nitrogen and oxygen atoms in total. The molecule has 4 aromatic heterocycles. The number of benzene rings is 3. The Morgan fingerprint density at radius 2 is 1.30 bits per heavy atom. The molecule has 0 spiro atoms. The van der Waals surface area contributed by atoms with Gasteiger partial charge in [0.15, 0.2) is 0 Å². The van der Waals surface area contributed by atoms with Gasteiger partial charge in [-0.1, -0.05) is 85.0 Å². The molecule has 2 aliphatic carbocycles. The lowest BCUT2D eigenvalue weighted by molar-refractivity contribution is 0.584. The van der Waals surface area contributed by atoms with Crippen LogP contribution >= 0.6 is 0 Å². The summed E-state index contributed by atoms with van der Waals surface area (Å²) in [4.78, 5) is 16.6. The van der Waals surface area contributed by atoms with Crippen molar-refractivity contribution in [1.82, 2.24) is 18.8 Å². The molecule has 256 valence electrons. The minimum absolute atomic E-state index is 0.224. The molecule has 3 aromatic carbocycles. The summed E-state index contributed by atoms with van der Waals surface area (Å²) in [6.45, 7) is 0.938. The highest BCUT2D eigenvalue weighted by Gasteiger charge is 2.22. The van der Waals surface area contributed by atoms with Crippen molar-refractivity contribution in [1.29, 1.82) is 0 Å². The second kappa shape index (κ2) is 13.2. The van der Waals surface area contributed by atoms with Crippen molar-refractivity contribution in [2.24, 2.45) is 10.9 Å². The van der Waals surface area contributed by atoms with Gasteiger partial charge >= 0.3 is 0 Å². The number of pyridine rings is 2. The molecule has 5 heterocycles. The molecule has 0 amide bonds. The maximum absolute atomic E-state index is 4.91. The van der Waals surface area contributed by atoms with Gasteiger partial charge in [0.25, 0.3) is 0 Å². The number of nitrogens with zero attached hydrogens (tertiary/aromatic N) is 6. The van der Waals surface area contributed by atoms with E-state index in [0.717, 1.165) is 71.1 Å². The first-order valence-corrected chi connectivity index (χ1v) is 18.5. The third kappa shape index (κ3) is 6.02. The maximum Gasteiger partial charge on any atom is 0.137 e. The molecule has 10 rings (SSSR count). The Balaban J connectivity index is 0.939. The summed E-state index contributed by atoms with van der Waals surface area (Å²) < 4.78 is 4.16. The van der Waals surface area contributed by atoms with Gasteiger partial charge < -0.3 is 13.7 Å². The summed E-state index contributed by atoms with van der Waals surface area (Å²) in [7, 11) is 0. The van der Waals surface area contributed by atoms with Crippen molar-refractivity contribution in [3.05, 3.63) is 187 Å².